The molecule has 1 rings (SSSR count). The second-order valence-electron chi connectivity index (χ2n) is 4.56. The molecule has 0 radical (unpaired) electrons. The third-order valence-electron chi connectivity index (χ3n) is 2.72. The molecule has 0 saturated heterocycles. The van der Waals surface area contributed by atoms with Crippen LogP contribution in [0.25, 0.3) is 0 Å². The second-order valence-corrected chi connectivity index (χ2v) is 4.56. The van der Waals surface area contributed by atoms with Gasteiger partial charge in [0.2, 0.25) is 0 Å². The summed E-state index contributed by atoms with van der Waals surface area (Å²) >= 11 is 0. The molecule has 1 unspecified atom stereocenters. The van der Waals surface area contributed by atoms with Crippen LogP contribution in [0.15, 0.2) is 12.3 Å². The molecule has 3 nitrogen and oxygen atoms in total. The number of aromatic nitrogens is 2. The van der Waals surface area contributed by atoms with Crippen molar-refractivity contribution < 1.29 is 0 Å². The Kier molecular flexibility index (Phi) is 6.16. The molecule has 1 heterocycles. The van der Waals surface area contributed by atoms with Gasteiger partial charge in [-0.1, -0.05) is 20.8 Å². The highest BCUT2D eigenvalue weighted by Crippen LogP contribution is 2.08. The summed E-state index contributed by atoms with van der Waals surface area (Å²) in [5.74, 6) is 0.679. The average Bonchev–Trinajstić information content (AvgIpc) is 2.67. The average molecular weight is 223 g/mol. The van der Waals surface area contributed by atoms with Gasteiger partial charge in [-0.05, 0) is 44.3 Å². The van der Waals surface area contributed by atoms with E-state index in [1.54, 1.807) is 0 Å². The number of rotatable bonds is 8. The molecule has 0 spiro atoms. The number of aryl methyl sites for hydroxylation is 1. The van der Waals surface area contributed by atoms with Gasteiger partial charge in [-0.3, -0.25) is 4.68 Å². The van der Waals surface area contributed by atoms with Crippen molar-refractivity contribution in [2.45, 2.75) is 46.6 Å². The second kappa shape index (κ2) is 7.44. The molecule has 0 fully saturated rings. The van der Waals surface area contributed by atoms with Crippen molar-refractivity contribution in [2.75, 3.05) is 13.1 Å². The maximum absolute atomic E-state index is 4.35. The van der Waals surface area contributed by atoms with Gasteiger partial charge in [0.25, 0.3) is 0 Å². The van der Waals surface area contributed by atoms with Crippen LogP contribution in [0.5, 0.6) is 0 Å². The van der Waals surface area contributed by atoms with E-state index in [9.17, 15) is 0 Å². The molecular weight excluding hydrogens is 198 g/mol. The molecule has 92 valence electrons. The van der Waals surface area contributed by atoms with Crippen LogP contribution in [0.2, 0.25) is 0 Å². The van der Waals surface area contributed by atoms with Gasteiger partial charge in [0.05, 0.1) is 0 Å². The summed E-state index contributed by atoms with van der Waals surface area (Å²) in [7, 11) is 0. The van der Waals surface area contributed by atoms with Gasteiger partial charge in [0.1, 0.15) is 0 Å². The zero-order valence-corrected chi connectivity index (χ0v) is 10.9. The van der Waals surface area contributed by atoms with Crippen molar-refractivity contribution in [3.63, 3.8) is 0 Å². The number of hydrogen-bond acceptors (Lipinski definition) is 2. The van der Waals surface area contributed by atoms with Crippen molar-refractivity contribution in [3.8, 4) is 0 Å². The van der Waals surface area contributed by atoms with E-state index in [-0.39, 0.29) is 0 Å². The molecule has 1 aromatic heterocycles. The van der Waals surface area contributed by atoms with Gasteiger partial charge in [-0.15, -0.1) is 0 Å². The van der Waals surface area contributed by atoms with E-state index < -0.39 is 0 Å². The van der Waals surface area contributed by atoms with Crippen LogP contribution in [0, 0.1) is 5.92 Å². The number of nitrogens with zero attached hydrogens (tertiary/aromatic N) is 2. The topological polar surface area (TPSA) is 29.9 Å². The summed E-state index contributed by atoms with van der Waals surface area (Å²) in [4.78, 5) is 0. The molecule has 0 aromatic carbocycles. The van der Waals surface area contributed by atoms with Crippen molar-refractivity contribution >= 4 is 0 Å². The molecular formula is C13H25N3. The maximum Gasteiger partial charge on any atom is 0.0492 e. The quantitative estimate of drug-likeness (QED) is 0.686. The minimum absolute atomic E-state index is 0.679. The van der Waals surface area contributed by atoms with E-state index >= 15 is 0 Å². The molecule has 3 heteroatoms. The minimum atomic E-state index is 0.679. The van der Waals surface area contributed by atoms with E-state index in [4.69, 9.17) is 0 Å². The predicted molar refractivity (Wildman–Crippen MR) is 68.5 cm³/mol. The van der Waals surface area contributed by atoms with Crippen LogP contribution in [-0.2, 0) is 13.0 Å². The van der Waals surface area contributed by atoms with Gasteiger partial charge in [-0.25, -0.2) is 0 Å². The fraction of sp³-hybridized carbons (Fsp3) is 0.769. The summed E-state index contributed by atoms with van der Waals surface area (Å²) in [5, 5.41) is 7.82. The smallest absolute Gasteiger partial charge is 0.0492 e. The van der Waals surface area contributed by atoms with Gasteiger partial charge in [0, 0.05) is 18.4 Å². The van der Waals surface area contributed by atoms with Crippen LogP contribution in [0.1, 0.15) is 39.3 Å². The summed E-state index contributed by atoms with van der Waals surface area (Å²) in [6, 6.07) is 2.14. The van der Waals surface area contributed by atoms with Gasteiger partial charge in [-0.2, -0.15) is 5.10 Å². The van der Waals surface area contributed by atoms with Crippen molar-refractivity contribution in [2.24, 2.45) is 5.92 Å². The molecule has 16 heavy (non-hydrogen) atoms. The lowest BCUT2D eigenvalue weighted by atomic mass is 10.1. The Morgan fingerprint density at radius 2 is 2.19 bits per heavy atom. The third kappa shape index (κ3) is 4.35. The summed E-state index contributed by atoms with van der Waals surface area (Å²) in [6.07, 6.45) is 5.39. The molecule has 0 bridgehead atoms. The van der Waals surface area contributed by atoms with E-state index in [1.165, 1.54) is 12.1 Å². The first-order valence-electron chi connectivity index (χ1n) is 6.49. The lowest BCUT2D eigenvalue weighted by molar-refractivity contribution is 0.481. The van der Waals surface area contributed by atoms with Crippen LogP contribution < -0.4 is 5.32 Å². The molecule has 0 saturated carbocycles. The Labute approximate surface area is 99.2 Å². The monoisotopic (exact) mass is 223 g/mol. The van der Waals surface area contributed by atoms with Gasteiger partial charge >= 0.3 is 0 Å². The Balaban J connectivity index is 2.36. The largest absolute Gasteiger partial charge is 0.316 e. The maximum atomic E-state index is 4.35. The lowest BCUT2D eigenvalue weighted by Crippen LogP contribution is -2.23. The number of nitrogens with one attached hydrogen (secondary N) is 1. The summed E-state index contributed by atoms with van der Waals surface area (Å²) < 4.78 is 2.14. The highest BCUT2D eigenvalue weighted by molar-refractivity contribution is 5.01. The zero-order chi connectivity index (χ0) is 11.8. The Morgan fingerprint density at radius 3 is 2.88 bits per heavy atom. The molecule has 0 aliphatic rings. The predicted octanol–water partition coefficient (Wildman–Crippen LogP) is 2.47. The molecule has 0 aliphatic heterocycles. The van der Waals surface area contributed by atoms with Gasteiger partial charge in [0.15, 0.2) is 0 Å². The Hall–Kier alpha value is -0.830. The van der Waals surface area contributed by atoms with E-state index in [0.29, 0.717) is 5.92 Å². The highest BCUT2D eigenvalue weighted by atomic mass is 15.3. The molecule has 1 atom stereocenters. The minimum Gasteiger partial charge on any atom is -0.316 e. The molecule has 0 amide bonds. The van der Waals surface area contributed by atoms with E-state index in [2.05, 4.69) is 41.9 Å². The van der Waals surface area contributed by atoms with Crippen LogP contribution in [0.3, 0.4) is 0 Å². The number of hydrogen-bond donors (Lipinski definition) is 1. The Morgan fingerprint density at radius 1 is 1.38 bits per heavy atom. The fourth-order valence-corrected chi connectivity index (χ4v) is 1.90. The van der Waals surface area contributed by atoms with Crippen molar-refractivity contribution in [3.05, 3.63) is 18.0 Å². The standard InChI is InChI=1S/C13H25N3/c1-4-7-14-11-12(3)10-13-6-8-15-16(13)9-5-2/h6,8,12,14H,4-5,7,9-11H2,1-3H3. The molecule has 1 N–H and O–H groups in total. The first-order chi connectivity index (χ1) is 7.77. The first-order valence-corrected chi connectivity index (χ1v) is 6.49. The van der Waals surface area contributed by atoms with E-state index in [0.717, 1.165) is 32.5 Å². The van der Waals surface area contributed by atoms with Gasteiger partial charge < -0.3 is 5.32 Å². The van der Waals surface area contributed by atoms with Crippen LogP contribution >= 0.6 is 0 Å². The molecule has 0 aliphatic carbocycles. The van der Waals surface area contributed by atoms with Crippen molar-refractivity contribution in [1.82, 2.24) is 15.1 Å². The van der Waals surface area contributed by atoms with Crippen molar-refractivity contribution in [1.29, 1.82) is 0 Å². The van der Waals surface area contributed by atoms with Crippen LogP contribution in [-0.4, -0.2) is 22.9 Å². The summed E-state index contributed by atoms with van der Waals surface area (Å²) in [5.41, 5.74) is 1.37. The first kappa shape index (κ1) is 13.2. The Bertz CT molecular complexity index is 280. The van der Waals surface area contributed by atoms with E-state index in [1.807, 2.05) is 6.20 Å². The highest BCUT2D eigenvalue weighted by Gasteiger charge is 2.07. The zero-order valence-electron chi connectivity index (χ0n) is 10.9. The van der Waals surface area contributed by atoms with Crippen LogP contribution in [0.4, 0.5) is 0 Å². The normalized spacial score (nSPS) is 12.9. The fourth-order valence-electron chi connectivity index (χ4n) is 1.90. The lowest BCUT2D eigenvalue weighted by Gasteiger charge is -2.13. The summed E-state index contributed by atoms with van der Waals surface area (Å²) in [6.45, 7) is 9.96. The third-order valence-corrected chi connectivity index (χ3v) is 2.72. The molecule has 1 aromatic rings. The SMILES string of the molecule is CCCNCC(C)Cc1ccnn1CCC.